The second-order valence-corrected chi connectivity index (χ2v) is 3.31. The van der Waals surface area contributed by atoms with Crippen molar-refractivity contribution in [3.8, 4) is 17.3 Å². The summed E-state index contributed by atoms with van der Waals surface area (Å²) in [6.45, 7) is 0. The normalized spacial score (nSPS) is 10.4. The van der Waals surface area contributed by atoms with Gasteiger partial charge in [-0.25, -0.2) is 5.10 Å². The number of aromatic nitrogens is 5. The van der Waals surface area contributed by atoms with Crippen LogP contribution in [0, 0.1) is 0 Å². The fourth-order valence-electron chi connectivity index (χ4n) is 0.958. The number of aromatic amines is 2. The van der Waals surface area contributed by atoms with Gasteiger partial charge >= 0.3 is 0 Å². The molecule has 14 heavy (non-hydrogen) atoms. The fourth-order valence-corrected chi connectivity index (χ4v) is 1.36. The lowest BCUT2D eigenvalue weighted by atomic mass is 10.3. The molecule has 7 nitrogen and oxygen atoms in total. The van der Waals surface area contributed by atoms with Gasteiger partial charge < -0.3 is 10.1 Å². The highest BCUT2D eigenvalue weighted by molar-refractivity contribution is 9.10. The smallest absolute Gasteiger partial charge is 0.225 e. The van der Waals surface area contributed by atoms with E-state index in [1.165, 1.54) is 6.07 Å². The van der Waals surface area contributed by atoms with Gasteiger partial charge in [0, 0.05) is 6.07 Å². The summed E-state index contributed by atoms with van der Waals surface area (Å²) in [5.74, 6) is -0.229. The Kier molecular flexibility index (Phi) is 2.04. The molecule has 0 radical (unpaired) electrons. The number of tetrazole rings is 1. The molecule has 0 saturated heterocycles. The SMILES string of the molecule is O=c1cc(Br)[nH]c(-c2nnn[nH]2)c1O. The van der Waals surface area contributed by atoms with Crippen LogP contribution in [0.15, 0.2) is 15.5 Å². The number of nitrogens with one attached hydrogen (secondary N) is 2. The summed E-state index contributed by atoms with van der Waals surface area (Å²) in [6, 6.07) is 1.21. The molecule has 3 N–H and O–H groups in total. The molecule has 2 heterocycles. The van der Waals surface area contributed by atoms with E-state index in [1.54, 1.807) is 0 Å². The van der Waals surface area contributed by atoms with Crippen molar-refractivity contribution < 1.29 is 5.11 Å². The maximum atomic E-state index is 11.2. The minimum absolute atomic E-state index is 0.148. The first-order valence-electron chi connectivity index (χ1n) is 3.54. The van der Waals surface area contributed by atoms with E-state index >= 15 is 0 Å². The largest absolute Gasteiger partial charge is 0.503 e. The molecule has 2 aromatic heterocycles. The maximum Gasteiger partial charge on any atom is 0.225 e. The summed E-state index contributed by atoms with van der Waals surface area (Å²) >= 11 is 3.08. The number of H-pyrrole nitrogens is 2. The van der Waals surface area contributed by atoms with Crippen molar-refractivity contribution in [2.45, 2.75) is 0 Å². The third-order valence-electron chi connectivity index (χ3n) is 1.55. The van der Waals surface area contributed by atoms with Crippen LogP contribution in [-0.4, -0.2) is 30.7 Å². The summed E-state index contributed by atoms with van der Waals surface area (Å²) < 4.78 is 0.437. The average molecular weight is 258 g/mol. The summed E-state index contributed by atoms with van der Waals surface area (Å²) in [4.78, 5) is 13.9. The first-order chi connectivity index (χ1) is 6.68. The van der Waals surface area contributed by atoms with E-state index in [9.17, 15) is 9.90 Å². The zero-order chi connectivity index (χ0) is 10.1. The summed E-state index contributed by atoms with van der Waals surface area (Å²) in [5.41, 5.74) is -0.364. The van der Waals surface area contributed by atoms with Gasteiger partial charge in [-0.2, -0.15) is 0 Å². The van der Waals surface area contributed by atoms with Crippen molar-refractivity contribution in [3.05, 3.63) is 20.9 Å². The van der Waals surface area contributed by atoms with Crippen molar-refractivity contribution in [2.75, 3.05) is 0 Å². The maximum absolute atomic E-state index is 11.2. The van der Waals surface area contributed by atoms with Gasteiger partial charge in [0.05, 0.1) is 4.60 Å². The quantitative estimate of drug-likeness (QED) is 0.625. The lowest BCUT2D eigenvalue weighted by Crippen LogP contribution is -2.03. The first-order valence-corrected chi connectivity index (χ1v) is 4.33. The second kappa shape index (κ2) is 3.22. The molecule has 0 aromatic carbocycles. The molecule has 0 atom stereocenters. The van der Waals surface area contributed by atoms with E-state index in [0.717, 1.165) is 0 Å². The number of nitrogens with zero attached hydrogens (tertiary/aromatic N) is 3. The summed E-state index contributed by atoms with van der Waals surface area (Å²) in [5, 5.41) is 22.1. The molecule has 72 valence electrons. The highest BCUT2D eigenvalue weighted by Crippen LogP contribution is 2.20. The van der Waals surface area contributed by atoms with Crippen LogP contribution < -0.4 is 5.43 Å². The van der Waals surface area contributed by atoms with Gasteiger partial charge in [0.1, 0.15) is 5.69 Å². The molecule has 0 spiro atoms. The van der Waals surface area contributed by atoms with Crippen molar-refractivity contribution in [3.63, 3.8) is 0 Å². The van der Waals surface area contributed by atoms with Crippen molar-refractivity contribution >= 4 is 15.9 Å². The van der Waals surface area contributed by atoms with Gasteiger partial charge in [-0.3, -0.25) is 4.79 Å². The molecular weight excluding hydrogens is 254 g/mol. The van der Waals surface area contributed by atoms with Crippen LogP contribution in [0.25, 0.3) is 11.5 Å². The Morgan fingerprint density at radius 3 is 2.93 bits per heavy atom. The van der Waals surface area contributed by atoms with Gasteiger partial charge in [0.25, 0.3) is 0 Å². The van der Waals surface area contributed by atoms with Gasteiger partial charge in [-0.15, -0.1) is 5.10 Å². The highest BCUT2D eigenvalue weighted by Gasteiger charge is 2.12. The number of rotatable bonds is 1. The minimum atomic E-state index is -0.512. The lowest BCUT2D eigenvalue weighted by molar-refractivity contribution is 0.469. The van der Waals surface area contributed by atoms with Crippen molar-refractivity contribution in [1.82, 2.24) is 25.6 Å². The molecule has 0 saturated carbocycles. The molecule has 0 amide bonds. The third kappa shape index (κ3) is 1.39. The van der Waals surface area contributed by atoms with E-state index in [0.29, 0.717) is 4.60 Å². The summed E-state index contributed by atoms with van der Waals surface area (Å²) in [7, 11) is 0. The molecule has 2 rings (SSSR count). The lowest BCUT2D eigenvalue weighted by Gasteiger charge is -1.99. The fraction of sp³-hybridized carbons (Fsp3) is 0. The monoisotopic (exact) mass is 257 g/mol. The summed E-state index contributed by atoms with van der Waals surface area (Å²) in [6.07, 6.45) is 0. The number of pyridine rings is 1. The molecule has 0 fully saturated rings. The number of aromatic hydroxyl groups is 1. The number of hydrogen-bond donors (Lipinski definition) is 3. The highest BCUT2D eigenvalue weighted by atomic mass is 79.9. The van der Waals surface area contributed by atoms with Gasteiger partial charge in [-0.1, -0.05) is 0 Å². The Morgan fingerprint density at radius 1 is 1.50 bits per heavy atom. The van der Waals surface area contributed by atoms with Crippen LogP contribution in [0.1, 0.15) is 0 Å². The minimum Gasteiger partial charge on any atom is -0.503 e. The zero-order valence-electron chi connectivity index (χ0n) is 6.65. The van der Waals surface area contributed by atoms with Crippen LogP contribution in [0.5, 0.6) is 5.75 Å². The van der Waals surface area contributed by atoms with Crippen LogP contribution in [-0.2, 0) is 0 Å². The molecule has 0 unspecified atom stereocenters. The second-order valence-electron chi connectivity index (χ2n) is 2.45. The van der Waals surface area contributed by atoms with Crippen molar-refractivity contribution in [2.24, 2.45) is 0 Å². The average Bonchev–Trinajstić information content (AvgIpc) is 2.63. The van der Waals surface area contributed by atoms with Crippen LogP contribution >= 0.6 is 15.9 Å². The molecule has 8 heteroatoms. The molecule has 0 aliphatic carbocycles. The Labute approximate surface area is 85.3 Å². The number of halogens is 1. The zero-order valence-corrected chi connectivity index (χ0v) is 8.24. The predicted molar refractivity (Wildman–Crippen MR) is 49.6 cm³/mol. The van der Waals surface area contributed by atoms with Crippen molar-refractivity contribution in [1.29, 1.82) is 0 Å². The first kappa shape index (κ1) is 8.88. The van der Waals surface area contributed by atoms with Crippen LogP contribution in [0.4, 0.5) is 0 Å². The third-order valence-corrected chi connectivity index (χ3v) is 1.98. The molecule has 0 aliphatic heterocycles. The predicted octanol–water partition coefficient (Wildman–Crippen LogP) is 0.0231. The van der Waals surface area contributed by atoms with E-state index in [-0.39, 0.29) is 11.5 Å². The van der Waals surface area contributed by atoms with Gasteiger partial charge in [-0.05, 0) is 26.4 Å². The molecule has 0 aliphatic rings. The molecule has 0 bridgehead atoms. The Morgan fingerprint density at radius 2 is 2.29 bits per heavy atom. The van der Waals surface area contributed by atoms with Crippen LogP contribution in [0.3, 0.4) is 0 Å². The van der Waals surface area contributed by atoms with E-state index in [2.05, 4.69) is 41.5 Å². The molecular formula is C6H4BrN5O2. The standard InChI is InChI=1S/C6H4BrN5O2/c7-3-1-2(13)5(14)4(8-3)6-9-11-12-10-6/h1,14H,(H,8,13)(H,9,10,11,12). The Balaban J connectivity index is 2.70. The van der Waals surface area contributed by atoms with E-state index in [1.807, 2.05) is 0 Å². The van der Waals surface area contributed by atoms with E-state index in [4.69, 9.17) is 0 Å². The van der Waals surface area contributed by atoms with Crippen LogP contribution in [0.2, 0.25) is 0 Å². The Bertz CT molecular complexity index is 505. The molecule has 2 aromatic rings. The number of hydrogen-bond acceptors (Lipinski definition) is 5. The van der Waals surface area contributed by atoms with Gasteiger partial charge in [0.15, 0.2) is 11.6 Å². The van der Waals surface area contributed by atoms with E-state index < -0.39 is 11.2 Å². The topological polar surface area (TPSA) is 108 Å². The Hall–Kier alpha value is -1.70. The van der Waals surface area contributed by atoms with Gasteiger partial charge in [0.2, 0.25) is 5.43 Å².